The van der Waals surface area contributed by atoms with E-state index in [9.17, 15) is 8.78 Å². The molecule has 6 heteroatoms. The Kier molecular flexibility index (Phi) is 8.02. The minimum absolute atomic E-state index is 0.0399. The van der Waals surface area contributed by atoms with E-state index in [2.05, 4.69) is 20.8 Å². The second-order valence-corrected chi connectivity index (χ2v) is 13.5. The Morgan fingerprint density at radius 2 is 1.52 bits per heavy atom. The van der Waals surface area contributed by atoms with E-state index in [1.54, 1.807) is 0 Å². The molecular formula is C25H34F2O3Si. The molecule has 1 unspecified atom stereocenters. The average molecular weight is 449 g/mol. The Labute approximate surface area is 185 Å². The van der Waals surface area contributed by atoms with E-state index < -0.39 is 20.8 Å². The van der Waals surface area contributed by atoms with E-state index >= 15 is 0 Å². The summed E-state index contributed by atoms with van der Waals surface area (Å²) < 4.78 is 47.2. The molecule has 1 heterocycles. The van der Waals surface area contributed by atoms with E-state index in [1.165, 1.54) is 0 Å². The SMILES string of the molecule is CC(C)(C)[Si](OCC(F)(F)CCOC1CCCCO1)(c1ccccc1)c1ccccc1. The van der Waals surface area contributed by atoms with Gasteiger partial charge >= 0.3 is 0 Å². The van der Waals surface area contributed by atoms with Crippen LogP contribution >= 0.6 is 0 Å². The molecule has 1 aliphatic heterocycles. The summed E-state index contributed by atoms with van der Waals surface area (Å²) in [5, 5.41) is 1.66. The lowest BCUT2D eigenvalue weighted by Crippen LogP contribution is -2.67. The molecule has 2 aromatic carbocycles. The number of halogens is 2. The van der Waals surface area contributed by atoms with Crippen molar-refractivity contribution < 1.29 is 22.7 Å². The molecule has 0 amide bonds. The average Bonchev–Trinajstić information content (AvgIpc) is 2.75. The summed E-state index contributed by atoms with van der Waals surface area (Å²) in [6, 6.07) is 19.7. The van der Waals surface area contributed by atoms with Crippen molar-refractivity contribution in [3.05, 3.63) is 60.7 Å². The third kappa shape index (κ3) is 6.01. The third-order valence-electron chi connectivity index (χ3n) is 5.83. The lowest BCUT2D eigenvalue weighted by Gasteiger charge is -2.43. The minimum Gasteiger partial charge on any atom is -0.401 e. The van der Waals surface area contributed by atoms with Crippen LogP contribution in [0.4, 0.5) is 8.78 Å². The van der Waals surface area contributed by atoms with Crippen molar-refractivity contribution in [3.8, 4) is 0 Å². The molecule has 3 rings (SSSR count). The third-order valence-corrected chi connectivity index (χ3v) is 10.8. The first-order valence-electron chi connectivity index (χ1n) is 11.1. The van der Waals surface area contributed by atoms with Gasteiger partial charge in [-0.1, -0.05) is 81.4 Å². The fourth-order valence-electron chi connectivity index (χ4n) is 4.23. The summed E-state index contributed by atoms with van der Waals surface area (Å²) >= 11 is 0. The maximum atomic E-state index is 14.9. The Balaban J connectivity index is 1.78. The zero-order valence-corrected chi connectivity index (χ0v) is 19.8. The Bertz CT molecular complexity index is 748. The zero-order valence-electron chi connectivity index (χ0n) is 18.8. The van der Waals surface area contributed by atoms with Crippen LogP contribution in [-0.2, 0) is 13.9 Å². The van der Waals surface area contributed by atoms with Gasteiger partial charge in [0, 0.05) is 13.0 Å². The van der Waals surface area contributed by atoms with Gasteiger partial charge in [0.25, 0.3) is 14.2 Å². The number of hydrogen-bond acceptors (Lipinski definition) is 3. The van der Waals surface area contributed by atoms with Crippen LogP contribution in [-0.4, -0.2) is 40.4 Å². The second kappa shape index (κ2) is 10.3. The zero-order chi connectivity index (χ0) is 22.4. The molecule has 1 fully saturated rings. The minimum atomic E-state index is -2.98. The van der Waals surface area contributed by atoms with E-state index in [0.29, 0.717) is 6.61 Å². The predicted molar refractivity (Wildman–Crippen MR) is 123 cm³/mol. The lowest BCUT2D eigenvalue weighted by atomic mass is 10.2. The molecule has 3 nitrogen and oxygen atoms in total. The maximum absolute atomic E-state index is 14.9. The molecule has 0 aliphatic carbocycles. The van der Waals surface area contributed by atoms with Gasteiger partial charge in [-0.15, -0.1) is 0 Å². The maximum Gasteiger partial charge on any atom is 0.271 e. The summed E-state index contributed by atoms with van der Waals surface area (Å²) in [7, 11) is -2.98. The molecule has 31 heavy (non-hydrogen) atoms. The van der Waals surface area contributed by atoms with Crippen LogP contribution in [0.3, 0.4) is 0 Å². The van der Waals surface area contributed by atoms with Crippen LogP contribution in [0.1, 0.15) is 46.5 Å². The van der Waals surface area contributed by atoms with Gasteiger partial charge < -0.3 is 13.9 Å². The normalized spacial score (nSPS) is 18.2. The standard InChI is InChI=1S/C25H34F2O3Si/c1-24(2,3)31(21-12-6-4-7-13-21,22-14-8-5-9-15-22)30-20-25(26,27)17-19-29-23-16-10-11-18-28-23/h4-9,12-15,23H,10-11,16-20H2,1-3H3. The van der Waals surface area contributed by atoms with Gasteiger partial charge in [-0.25, -0.2) is 8.78 Å². The van der Waals surface area contributed by atoms with Crippen LogP contribution in [0.2, 0.25) is 5.04 Å². The number of ether oxygens (including phenoxy) is 2. The molecular weight excluding hydrogens is 414 g/mol. The molecule has 0 bridgehead atoms. The summed E-state index contributed by atoms with van der Waals surface area (Å²) in [6.45, 7) is 6.22. The summed E-state index contributed by atoms with van der Waals surface area (Å²) in [5.74, 6) is -2.98. The molecule has 0 aromatic heterocycles. The van der Waals surface area contributed by atoms with Crippen molar-refractivity contribution in [1.29, 1.82) is 0 Å². The highest BCUT2D eigenvalue weighted by atomic mass is 28.4. The Morgan fingerprint density at radius 3 is 2.00 bits per heavy atom. The van der Waals surface area contributed by atoms with Crippen molar-refractivity contribution in [3.63, 3.8) is 0 Å². The van der Waals surface area contributed by atoms with Crippen LogP contribution in [0.15, 0.2) is 60.7 Å². The highest BCUT2D eigenvalue weighted by Gasteiger charge is 2.51. The van der Waals surface area contributed by atoms with Crippen LogP contribution in [0.5, 0.6) is 0 Å². The second-order valence-electron chi connectivity index (χ2n) is 9.22. The van der Waals surface area contributed by atoms with Gasteiger partial charge in [-0.3, -0.25) is 0 Å². The summed E-state index contributed by atoms with van der Waals surface area (Å²) in [6.07, 6.45) is 2.04. The van der Waals surface area contributed by atoms with Gasteiger partial charge in [0.1, 0.15) is 0 Å². The smallest absolute Gasteiger partial charge is 0.271 e. The van der Waals surface area contributed by atoms with E-state index in [0.717, 1.165) is 29.6 Å². The van der Waals surface area contributed by atoms with E-state index in [4.69, 9.17) is 13.9 Å². The highest BCUT2D eigenvalue weighted by Crippen LogP contribution is 2.38. The van der Waals surface area contributed by atoms with E-state index in [-0.39, 0.29) is 24.4 Å². The quantitative estimate of drug-likeness (QED) is 0.498. The molecule has 1 saturated heterocycles. The number of benzene rings is 2. The molecule has 0 N–H and O–H groups in total. The van der Waals surface area contributed by atoms with Gasteiger partial charge in [0.2, 0.25) is 0 Å². The molecule has 0 spiro atoms. The van der Waals surface area contributed by atoms with Crippen molar-refractivity contribution in [2.45, 2.75) is 63.7 Å². The van der Waals surface area contributed by atoms with Crippen molar-refractivity contribution in [2.75, 3.05) is 19.8 Å². The molecule has 2 aromatic rings. The highest BCUT2D eigenvalue weighted by molar-refractivity contribution is 6.99. The fraction of sp³-hybridized carbons (Fsp3) is 0.520. The van der Waals surface area contributed by atoms with Crippen molar-refractivity contribution in [2.24, 2.45) is 0 Å². The summed E-state index contributed by atoms with van der Waals surface area (Å²) in [5.41, 5.74) is 0. The van der Waals surface area contributed by atoms with Crippen LogP contribution in [0, 0.1) is 0 Å². The molecule has 1 atom stereocenters. The van der Waals surface area contributed by atoms with Crippen LogP contribution in [0.25, 0.3) is 0 Å². The van der Waals surface area contributed by atoms with Gasteiger partial charge in [0.15, 0.2) is 6.29 Å². The first kappa shape index (κ1) is 24.0. The number of alkyl halides is 2. The van der Waals surface area contributed by atoms with Crippen molar-refractivity contribution >= 4 is 18.7 Å². The number of hydrogen-bond donors (Lipinski definition) is 0. The molecule has 170 valence electrons. The predicted octanol–water partition coefficient (Wildman–Crippen LogP) is 5.13. The first-order valence-corrected chi connectivity index (χ1v) is 13.0. The van der Waals surface area contributed by atoms with Gasteiger partial charge in [-0.2, -0.15) is 0 Å². The molecule has 0 radical (unpaired) electrons. The van der Waals surface area contributed by atoms with Gasteiger partial charge in [-0.05, 0) is 34.7 Å². The number of rotatable bonds is 9. The Hall–Kier alpha value is -1.60. The fourth-order valence-corrected chi connectivity index (χ4v) is 8.81. The first-order chi connectivity index (χ1) is 14.7. The topological polar surface area (TPSA) is 27.7 Å². The van der Waals surface area contributed by atoms with Gasteiger partial charge in [0.05, 0.1) is 13.2 Å². The van der Waals surface area contributed by atoms with Crippen molar-refractivity contribution in [1.82, 2.24) is 0 Å². The Morgan fingerprint density at radius 1 is 0.935 bits per heavy atom. The molecule has 0 saturated carbocycles. The van der Waals surface area contributed by atoms with E-state index in [1.807, 2.05) is 60.7 Å². The summed E-state index contributed by atoms with van der Waals surface area (Å²) in [4.78, 5) is 0. The van der Waals surface area contributed by atoms with Crippen LogP contribution < -0.4 is 10.4 Å². The monoisotopic (exact) mass is 448 g/mol. The lowest BCUT2D eigenvalue weighted by molar-refractivity contribution is -0.174. The largest absolute Gasteiger partial charge is 0.401 e. The molecule has 1 aliphatic rings.